The van der Waals surface area contributed by atoms with Crippen molar-refractivity contribution >= 4 is 5.82 Å². The Kier molecular flexibility index (Phi) is 3.53. The number of hydrogen-bond donors (Lipinski definition) is 1. The molecule has 2 aromatic rings. The van der Waals surface area contributed by atoms with Crippen LogP contribution < -0.4 is 9.64 Å². The minimum atomic E-state index is -0.411. The molecule has 4 nitrogen and oxygen atoms in total. The number of hydrogen-bond acceptors (Lipinski definition) is 3. The van der Waals surface area contributed by atoms with E-state index in [1.807, 2.05) is 0 Å². The molecule has 2 heterocycles. The van der Waals surface area contributed by atoms with Crippen molar-refractivity contribution in [2.75, 3.05) is 25.1 Å². The molecule has 1 aromatic carbocycles. The number of nitrogens with zero attached hydrogens (tertiary/aromatic N) is 2. The van der Waals surface area contributed by atoms with Crippen molar-refractivity contribution in [2.45, 2.75) is 12.8 Å². The summed E-state index contributed by atoms with van der Waals surface area (Å²) in [4.78, 5) is 5.42. The van der Waals surface area contributed by atoms with Gasteiger partial charge < -0.3 is 14.6 Å². The number of rotatable bonds is 3. The highest BCUT2D eigenvalue weighted by Gasteiger charge is 2.19. The zero-order valence-electron chi connectivity index (χ0n) is 11.8. The number of aromatic amines is 1. The summed E-state index contributed by atoms with van der Waals surface area (Å²) in [6, 6.07) is 8.77. The van der Waals surface area contributed by atoms with Gasteiger partial charge in [-0.1, -0.05) is 0 Å². The average molecular weight is 285 g/mol. The number of methoxy groups -OCH3 is 1. The van der Waals surface area contributed by atoms with Gasteiger partial charge in [0.1, 0.15) is 11.9 Å². The summed E-state index contributed by atoms with van der Waals surface area (Å²) in [5.41, 5.74) is 2.05. The van der Waals surface area contributed by atoms with Gasteiger partial charge in [-0.05, 0) is 37.1 Å². The number of aromatic nitrogens is 1. The topological polar surface area (TPSA) is 52.0 Å². The van der Waals surface area contributed by atoms with Crippen molar-refractivity contribution < 1.29 is 9.13 Å². The smallest absolute Gasteiger partial charge is 0.165 e. The standard InChI is InChI=1S/C16H16FN3O/c1-21-15-5-4-11(8-13(15)17)14-9-12(10-18)16(19-14)20-6-2-3-7-20/h4-5,8-9,19H,2-3,6-7H2,1H3. The molecule has 3 rings (SSSR count). The van der Waals surface area contributed by atoms with Gasteiger partial charge in [-0.2, -0.15) is 5.26 Å². The number of nitrogens with one attached hydrogen (secondary N) is 1. The molecule has 1 aliphatic rings. The second-order valence-electron chi connectivity index (χ2n) is 5.10. The van der Waals surface area contributed by atoms with Crippen LogP contribution in [0, 0.1) is 17.1 Å². The highest BCUT2D eigenvalue weighted by atomic mass is 19.1. The molecule has 1 N–H and O–H groups in total. The van der Waals surface area contributed by atoms with Crippen LogP contribution in [0.5, 0.6) is 5.75 Å². The molecule has 1 aromatic heterocycles. The molecular formula is C16H16FN3O. The van der Waals surface area contributed by atoms with Gasteiger partial charge in [0, 0.05) is 24.3 Å². The van der Waals surface area contributed by atoms with Gasteiger partial charge in [0.15, 0.2) is 11.6 Å². The lowest BCUT2D eigenvalue weighted by atomic mass is 10.1. The normalized spacial score (nSPS) is 14.2. The van der Waals surface area contributed by atoms with E-state index >= 15 is 0 Å². The van der Waals surface area contributed by atoms with Crippen LogP contribution in [-0.4, -0.2) is 25.2 Å². The van der Waals surface area contributed by atoms with Crippen LogP contribution in [0.1, 0.15) is 18.4 Å². The molecular weight excluding hydrogens is 269 g/mol. The van der Waals surface area contributed by atoms with Crippen molar-refractivity contribution in [3.05, 3.63) is 35.6 Å². The van der Waals surface area contributed by atoms with Crippen LogP contribution in [0.15, 0.2) is 24.3 Å². The summed E-state index contributed by atoms with van der Waals surface area (Å²) < 4.78 is 18.7. The van der Waals surface area contributed by atoms with E-state index in [1.54, 1.807) is 18.2 Å². The van der Waals surface area contributed by atoms with Crippen molar-refractivity contribution in [2.24, 2.45) is 0 Å². The van der Waals surface area contributed by atoms with E-state index in [9.17, 15) is 9.65 Å². The highest BCUT2D eigenvalue weighted by Crippen LogP contribution is 2.31. The van der Waals surface area contributed by atoms with Crippen LogP contribution in [0.25, 0.3) is 11.3 Å². The fraction of sp³-hybridized carbons (Fsp3) is 0.312. The Hall–Kier alpha value is -2.48. The Bertz CT molecular complexity index is 696. The molecule has 108 valence electrons. The predicted octanol–water partition coefficient (Wildman–Crippen LogP) is 3.30. The first-order valence-corrected chi connectivity index (χ1v) is 6.95. The molecule has 0 saturated carbocycles. The van der Waals surface area contributed by atoms with Gasteiger partial charge in [0.05, 0.1) is 12.7 Å². The first-order valence-electron chi connectivity index (χ1n) is 6.95. The Morgan fingerprint density at radius 1 is 1.29 bits per heavy atom. The number of benzene rings is 1. The van der Waals surface area contributed by atoms with Crippen LogP contribution in [0.3, 0.4) is 0 Å². The molecule has 1 saturated heterocycles. The monoisotopic (exact) mass is 285 g/mol. The summed E-state index contributed by atoms with van der Waals surface area (Å²) in [7, 11) is 1.44. The lowest BCUT2D eigenvalue weighted by Gasteiger charge is -2.15. The van der Waals surface area contributed by atoms with Crippen LogP contribution in [0.4, 0.5) is 10.2 Å². The molecule has 0 radical (unpaired) electrons. The van der Waals surface area contributed by atoms with Crippen molar-refractivity contribution in [3.8, 4) is 23.1 Å². The lowest BCUT2D eigenvalue weighted by Crippen LogP contribution is -2.18. The fourth-order valence-corrected chi connectivity index (χ4v) is 2.71. The minimum Gasteiger partial charge on any atom is -0.494 e. The maximum atomic E-state index is 13.8. The first-order chi connectivity index (χ1) is 10.2. The lowest BCUT2D eigenvalue weighted by molar-refractivity contribution is 0.386. The molecule has 0 bridgehead atoms. The van der Waals surface area contributed by atoms with Gasteiger partial charge in [-0.25, -0.2) is 4.39 Å². The summed E-state index contributed by atoms with van der Waals surface area (Å²) in [6.45, 7) is 1.90. The summed E-state index contributed by atoms with van der Waals surface area (Å²) >= 11 is 0. The van der Waals surface area contributed by atoms with E-state index in [1.165, 1.54) is 13.2 Å². The molecule has 5 heteroatoms. The molecule has 0 amide bonds. The minimum absolute atomic E-state index is 0.213. The van der Waals surface area contributed by atoms with Crippen LogP contribution >= 0.6 is 0 Å². The van der Waals surface area contributed by atoms with Crippen molar-refractivity contribution in [1.82, 2.24) is 4.98 Å². The summed E-state index contributed by atoms with van der Waals surface area (Å²) in [6.07, 6.45) is 2.27. The van der Waals surface area contributed by atoms with E-state index < -0.39 is 5.82 Å². The second-order valence-corrected chi connectivity index (χ2v) is 5.10. The van der Waals surface area contributed by atoms with Gasteiger partial charge in [0.2, 0.25) is 0 Å². The zero-order valence-corrected chi connectivity index (χ0v) is 11.8. The van der Waals surface area contributed by atoms with Gasteiger partial charge >= 0.3 is 0 Å². The quantitative estimate of drug-likeness (QED) is 0.941. The Morgan fingerprint density at radius 3 is 2.67 bits per heavy atom. The third-order valence-corrected chi connectivity index (χ3v) is 3.80. The number of anilines is 1. The molecule has 0 atom stereocenters. The number of H-pyrrole nitrogens is 1. The van der Waals surface area contributed by atoms with Gasteiger partial charge in [0.25, 0.3) is 0 Å². The average Bonchev–Trinajstić information content (AvgIpc) is 3.15. The van der Waals surface area contributed by atoms with Gasteiger partial charge in [-0.3, -0.25) is 0 Å². The van der Waals surface area contributed by atoms with Crippen molar-refractivity contribution in [3.63, 3.8) is 0 Å². The Labute approximate surface area is 122 Å². The molecule has 1 aliphatic heterocycles. The van der Waals surface area contributed by atoms with E-state index in [0.717, 1.165) is 37.4 Å². The third-order valence-electron chi connectivity index (χ3n) is 3.80. The number of ether oxygens (including phenoxy) is 1. The first kappa shape index (κ1) is 13.5. The highest BCUT2D eigenvalue weighted by molar-refractivity contribution is 5.70. The van der Waals surface area contributed by atoms with Crippen LogP contribution in [-0.2, 0) is 0 Å². The maximum Gasteiger partial charge on any atom is 0.165 e. The Balaban J connectivity index is 1.99. The molecule has 21 heavy (non-hydrogen) atoms. The second kappa shape index (κ2) is 5.49. The molecule has 0 unspecified atom stereocenters. The number of nitriles is 1. The van der Waals surface area contributed by atoms with E-state index in [4.69, 9.17) is 4.74 Å². The predicted molar refractivity (Wildman–Crippen MR) is 78.9 cm³/mol. The summed E-state index contributed by atoms with van der Waals surface area (Å²) in [5, 5.41) is 9.29. The maximum absolute atomic E-state index is 13.8. The van der Waals surface area contributed by atoms with Crippen molar-refractivity contribution in [1.29, 1.82) is 5.26 Å². The van der Waals surface area contributed by atoms with Crippen LogP contribution in [0.2, 0.25) is 0 Å². The van der Waals surface area contributed by atoms with E-state index in [-0.39, 0.29) is 5.75 Å². The fourth-order valence-electron chi connectivity index (χ4n) is 2.71. The van der Waals surface area contributed by atoms with Gasteiger partial charge in [-0.15, -0.1) is 0 Å². The molecule has 1 fully saturated rings. The Morgan fingerprint density at radius 2 is 2.05 bits per heavy atom. The zero-order chi connectivity index (χ0) is 14.8. The van der Waals surface area contributed by atoms with E-state index in [0.29, 0.717) is 11.1 Å². The van der Waals surface area contributed by atoms with E-state index in [2.05, 4.69) is 16.0 Å². The largest absolute Gasteiger partial charge is 0.494 e. The molecule has 0 spiro atoms. The SMILES string of the molecule is COc1ccc(-c2cc(C#N)c(N3CCCC3)[nH]2)cc1F. The molecule has 0 aliphatic carbocycles. The third kappa shape index (κ3) is 2.45. The summed E-state index contributed by atoms with van der Waals surface area (Å²) in [5.74, 6) is 0.637. The number of halogens is 1.